The van der Waals surface area contributed by atoms with E-state index in [1.165, 1.54) is 28.6 Å². The second-order valence-electron chi connectivity index (χ2n) is 5.52. The molecule has 6 nitrogen and oxygen atoms in total. The van der Waals surface area contributed by atoms with Crippen LogP contribution >= 0.6 is 0 Å². The molecule has 3 rings (SSSR count). The van der Waals surface area contributed by atoms with Crippen LogP contribution in [0.3, 0.4) is 0 Å². The summed E-state index contributed by atoms with van der Waals surface area (Å²) < 4.78 is 27.2. The lowest BCUT2D eigenvalue weighted by Crippen LogP contribution is -2.35. The van der Waals surface area contributed by atoms with Gasteiger partial charge in [0.2, 0.25) is 0 Å². The number of non-ortho nitro benzene ring substituents is 1. The first-order valence-corrected chi connectivity index (χ1v) is 8.90. The highest BCUT2D eigenvalue weighted by atomic mass is 32.2. The SMILES string of the molecule is C=Cc1ccc(S(=O)(=O)N2CCCc3ccc([N+](=O)[O-])cc32)cc1. The molecule has 0 aromatic heterocycles. The molecule has 0 aliphatic carbocycles. The van der Waals surface area contributed by atoms with Gasteiger partial charge in [-0.2, -0.15) is 0 Å². The minimum atomic E-state index is -3.77. The number of fused-ring (bicyclic) bond motifs is 1. The van der Waals surface area contributed by atoms with Gasteiger partial charge >= 0.3 is 0 Å². The minimum absolute atomic E-state index is 0.113. The summed E-state index contributed by atoms with van der Waals surface area (Å²) in [6, 6.07) is 10.8. The van der Waals surface area contributed by atoms with Gasteiger partial charge in [-0.3, -0.25) is 14.4 Å². The Kier molecular flexibility index (Phi) is 4.11. The number of anilines is 1. The van der Waals surface area contributed by atoms with Gasteiger partial charge < -0.3 is 0 Å². The highest BCUT2D eigenvalue weighted by molar-refractivity contribution is 7.92. The lowest BCUT2D eigenvalue weighted by molar-refractivity contribution is -0.384. The summed E-state index contributed by atoms with van der Waals surface area (Å²) in [5.41, 5.74) is 1.91. The molecule has 0 bridgehead atoms. The number of benzene rings is 2. The molecule has 0 amide bonds. The van der Waals surface area contributed by atoms with Crippen molar-refractivity contribution in [3.63, 3.8) is 0 Å². The maximum atomic E-state index is 13.0. The molecule has 0 atom stereocenters. The van der Waals surface area contributed by atoms with E-state index >= 15 is 0 Å². The average molecular weight is 344 g/mol. The molecule has 0 saturated carbocycles. The molecule has 1 aliphatic rings. The van der Waals surface area contributed by atoms with E-state index < -0.39 is 14.9 Å². The fourth-order valence-corrected chi connectivity index (χ4v) is 4.33. The molecule has 1 aliphatic heterocycles. The molecule has 1 heterocycles. The van der Waals surface area contributed by atoms with Crippen molar-refractivity contribution in [1.82, 2.24) is 0 Å². The Labute approximate surface area is 140 Å². The van der Waals surface area contributed by atoms with Crippen LogP contribution in [0.25, 0.3) is 6.08 Å². The monoisotopic (exact) mass is 344 g/mol. The molecule has 0 radical (unpaired) electrons. The van der Waals surface area contributed by atoms with Crippen molar-refractivity contribution >= 4 is 27.5 Å². The average Bonchev–Trinajstić information content (AvgIpc) is 2.60. The van der Waals surface area contributed by atoms with Gasteiger partial charge in [0.15, 0.2) is 0 Å². The Bertz CT molecular complexity index is 905. The molecule has 0 spiro atoms. The molecule has 2 aromatic rings. The van der Waals surface area contributed by atoms with Crippen LogP contribution in [0.15, 0.2) is 53.9 Å². The Balaban J connectivity index is 2.08. The van der Waals surface area contributed by atoms with E-state index in [0.717, 1.165) is 11.1 Å². The van der Waals surface area contributed by atoms with E-state index in [1.807, 2.05) is 0 Å². The fourth-order valence-electron chi connectivity index (χ4n) is 2.80. The van der Waals surface area contributed by atoms with E-state index in [9.17, 15) is 18.5 Å². The molecule has 0 N–H and O–H groups in total. The van der Waals surface area contributed by atoms with Gasteiger partial charge in [0.05, 0.1) is 15.5 Å². The molecule has 124 valence electrons. The second-order valence-corrected chi connectivity index (χ2v) is 7.39. The van der Waals surface area contributed by atoms with Gasteiger partial charge in [-0.1, -0.05) is 30.9 Å². The Hall–Kier alpha value is -2.67. The maximum absolute atomic E-state index is 13.0. The minimum Gasteiger partial charge on any atom is -0.266 e. The molecule has 7 heteroatoms. The van der Waals surface area contributed by atoms with Crippen LogP contribution in [-0.4, -0.2) is 19.9 Å². The molecule has 0 unspecified atom stereocenters. The van der Waals surface area contributed by atoms with Crippen molar-refractivity contribution in [2.75, 3.05) is 10.8 Å². The lowest BCUT2D eigenvalue weighted by Gasteiger charge is -2.30. The van der Waals surface area contributed by atoms with Crippen molar-refractivity contribution < 1.29 is 13.3 Å². The molecule has 0 fully saturated rings. The summed E-state index contributed by atoms with van der Waals surface area (Å²) >= 11 is 0. The predicted octanol–water partition coefficient (Wildman–Crippen LogP) is 3.38. The third-order valence-electron chi connectivity index (χ3n) is 4.06. The van der Waals surface area contributed by atoms with E-state index in [4.69, 9.17) is 0 Å². The largest absolute Gasteiger partial charge is 0.271 e. The second kappa shape index (κ2) is 6.09. The third-order valence-corrected chi connectivity index (χ3v) is 5.89. The van der Waals surface area contributed by atoms with Crippen molar-refractivity contribution in [3.8, 4) is 0 Å². The van der Waals surface area contributed by atoms with Crippen molar-refractivity contribution in [1.29, 1.82) is 0 Å². The summed E-state index contributed by atoms with van der Waals surface area (Å²) in [6.07, 6.45) is 3.01. The van der Waals surface area contributed by atoms with Gasteiger partial charge in [0.25, 0.3) is 15.7 Å². The van der Waals surface area contributed by atoms with Gasteiger partial charge in [0.1, 0.15) is 0 Å². The van der Waals surface area contributed by atoms with Crippen LogP contribution in [0, 0.1) is 10.1 Å². The maximum Gasteiger partial charge on any atom is 0.271 e. The van der Waals surface area contributed by atoms with Gasteiger partial charge in [-0.25, -0.2) is 8.42 Å². The highest BCUT2D eigenvalue weighted by Crippen LogP contribution is 2.34. The van der Waals surface area contributed by atoms with E-state index in [0.29, 0.717) is 25.1 Å². The first-order chi connectivity index (χ1) is 11.4. The summed E-state index contributed by atoms with van der Waals surface area (Å²) in [4.78, 5) is 10.7. The first-order valence-electron chi connectivity index (χ1n) is 7.46. The van der Waals surface area contributed by atoms with Crippen LogP contribution in [-0.2, 0) is 16.4 Å². The van der Waals surface area contributed by atoms with Crippen LogP contribution in [0.1, 0.15) is 17.5 Å². The summed E-state index contributed by atoms with van der Waals surface area (Å²) in [5, 5.41) is 11.0. The summed E-state index contributed by atoms with van der Waals surface area (Å²) in [5.74, 6) is 0. The van der Waals surface area contributed by atoms with Gasteiger partial charge in [0, 0.05) is 18.7 Å². The third kappa shape index (κ3) is 2.78. The zero-order valence-corrected chi connectivity index (χ0v) is 13.7. The number of sulfonamides is 1. The van der Waals surface area contributed by atoms with Crippen LogP contribution in [0.4, 0.5) is 11.4 Å². The van der Waals surface area contributed by atoms with Gasteiger partial charge in [-0.05, 0) is 36.1 Å². The first kappa shape index (κ1) is 16.2. The smallest absolute Gasteiger partial charge is 0.266 e. The Morgan fingerprint density at radius 2 is 1.88 bits per heavy atom. The quantitative estimate of drug-likeness (QED) is 0.629. The van der Waals surface area contributed by atoms with Crippen molar-refractivity contribution in [2.45, 2.75) is 17.7 Å². The van der Waals surface area contributed by atoms with Crippen LogP contribution in [0.2, 0.25) is 0 Å². The molecular formula is C17H16N2O4S. The zero-order valence-electron chi connectivity index (χ0n) is 12.9. The summed E-state index contributed by atoms with van der Waals surface area (Å²) in [6.45, 7) is 3.95. The molecule has 2 aromatic carbocycles. The number of nitrogens with zero attached hydrogens (tertiary/aromatic N) is 2. The highest BCUT2D eigenvalue weighted by Gasteiger charge is 2.30. The number of nitro groups is 1. The lowest BCUT2D eigenvalue weighted by atomic mass is 10.0. The standard InChI is InChI=1S/C17H16N2O4S/c1-2-13-5-9-16(10-6-13)24(22,23)18-11-3-4-14-7-8-15(19(20)21)12-17(14)18/h2,5-10,12H,1,3-4,11H2. The normalized spacial score (nSPS) is 14.1. The topological polar surface area (TPSA) is 80.5 Å². The van der Waals surface area contributed by atoms with Crippen molar-refractivity contribution in [2.24, 2.45) is 0 Å². The van der Waals surface area contributed by atoms with E-state index in [1.54, 1.807) is 24.3 Å². The zero-order chi connectivity index (χ0) is 17.3. The van der Waals surface area contributed by atoms with Crippen LogP contribution < -0.4 is 4.31 Å². The number of nitro benzene ring substituents is 1. The van der Waals surface area contributed by atoms with Crippen LogP contribution in [0.5, 0.6) is 0 Å². The molecule has 0 saturated heterocycles. The predicted molar refractivity (Wildman–Crippen MR) is 92.5 cm³/mol. The molecular weight excluding hydrogens is 328 g/mol. The number of aryl methyl sites for hydroxylation is 1. The van der Waals surface area contributed by atoms with E-state index in [2.05, 4.69) is 6.58 Å². The molecule has 24 heavy (non-hydrogen) atoms. The summed E-state index contributed by atoms with van der Waals surface area (Å²) in [7, 11) is -3.77. The Morgan fingerprint density at radius 1 is 1.17 bits per heavy atom. The number of hydrogen-bond acceptors (Lipinski definition) is 4. The van der Waals surface area contributed by atoms with E-state index in [-0.39, 0.29) is 10.6 Å². The fraction of sp³-hybridized carbons (Fsp3) is 0.176. The number of hydrogen-bond donors (Lipinski definition) is 0. The van der Waals surface area contributed by atoms with Crippen molar-refractivity contribution in [3.05, 3.63) is 70.3 Å². The number of rotatable bonds is 4. The van der Waals surface area contributed by atoms with Gasteiger partial charge in [-0.15, -0.1) is 0 Å². The Morgan fingerprint density at radius 3 is 2.50 bits per heavy atom.